The summed E-state index contributed by atoms with van der Waals surface area (Å²) in [6.07, 6.45) is -2.45. The van der Waals surface area contributed by atoms with Crippen molar-refractivity contribution >= 4 is 29.7 Å². The molecule has 33 heavy (non-hydrogen) atoms. The molecule has 0 bridgehead atoms. The van der Waals surface area contributed by atoms with E-state index in [-0.39, 0.29) is 6.42 Å². The van der Waals surface area contributed by atoms with E-state index in [1.54, 1.807) is 30.3 Å². The first-order valence-corrected chi connectivity index (χ1v) is 9.90. The predicted molar refractivity (Wildman–Crippen MR) is 113 cm³/mol. The van der Waals surface area contributed by atoms with E-state index in [2.05, 4.69) is 10.6 Å². The number of carboxylic acids is 2. The Morgan fingerprint density at radius 2 is 1.48 bits per heavy atom. The fourth-order valence-corrected chi connectivity index (χ4v) is 2.72. The second kappa shape index (κ2) is 13.1. The van der Waals surface area contributed by atoms with Crippen LogP contribution in [-0.2, 0) is 30.4 Å². The molecule has 0 fully saturated rings. The molecule has 1 aromatic rings. The molecule has 9 N–H and O–H groups in total. The zero-order valence-corrected chi connectivity index (χ0v) is 17.8. The van der Waals surface area contributed by atoms with Gasteiger partial charge in [0, 0.05) is 6.42 Å². The number of aliphatic hydroxyl groups is 2. The molecular formula is C20H28N4O9. The third-order valence-electron chi connectivity index (χ3n) is 4.51. The molecule has 182 valence electrons. The van der Waals surface area contributed by atoms with Crippen LogP contribution in [-0.4, -0.2) is 87.0 Å². The Bertz CT molecular complexity index is 847. The third-order valence-corrected chi connectivity index (χ3v) is 4.51. The summed E-state index contributed by atoms with van der Waals surface area (Å²) in [5.41, 5.74) is 5.96. The van der Waals surface area contributed by atoms with E-state index in [0.29, 0.717) is 5.56 Å². The standard InChI is InChI=1S/C20H28N4O9/c1-10(26)16(19(31)23-14(20(32)33)7-11-5-3-2-4-6-11)24-18(30)13(8-15(27)28)22-17(29)12(21)9-25/h2-6,10,12-14,16,25-26H,7-9,21H2,1H3,(H,22,29)(H,23,31)(H,24,30)(H,27,28)(H,32,33). The summed E-state index contributed by atoms with van der Waals surface area (Å²) in [4.78, 5) is 59.7. The largest absolute Gasteiger partial charge is 0.481 e. The van der Waals surface area contributed by atoms with Crippen molar-refractivity contribution in [2.45, 2.75) is 50.0 Å². The quantitative estimate of drug-likeness (QED) is 0.146. The highest BCUT2D eigenvalue weighted by molar-refractivity contribution is 5.95. The van der Waals surface area contributed by atoms with Crippen LogP contribution in [0.5, 0.6) is 0 Å². The topological polar surface area (TPSA) is 228 Å². The lowest BCUT2D eigenvalue weighted by Gasteiger charge is -2.26. The van der Waals surface area contributed by atoms with E-state index in [1.807, 2.05) is 5.32 Å². The summed E-state index contributed by atoms with van der Waals surface area (Å²) in [5.74, 6) is -5.98. The van der Waals surface area contributed by atoms with Crippen LogP contribution in [0.3, 0.4) is 0 Å². The van der Waals surface area contributed by atoms with Crippen molar-refractivity contribution in [1.82, 2.24) is 16.0 Å². The second-order valence-electron chi connectivity index (χ2n) is 7.26. The number of nitrogens with one attached hydrogen (secondary N) is 3. The predicted octanol–water partition coefficient (Wildman–Crippen LogP) is -3.06. The van der Waals surface area contributed by atoms with Gasteiger partial charge in [-0.05, 0) is 12.5 Å². The van der Waals surface area contributed by atoms with Gasteiger partial charge in [-0.2, -0.15) is 0 Å². The highest BCUT2D eigenvalue weighted by atomic mass is 16.4. The number of nitrogens with two attached hydrogens (primary N) is 1. The number of amides is 3. The molecule has 1 rings (SSSR count). The van der Waals surface area contributed by atoms with Gasteiger partial charge >= 0.3 is 11.9 Å². The van der Waals surface area contributed by atoms with E-state index in [0.717, 1.165) is 6.92 Å². The van der Waals surface area contributed by atoms with Crippen molar-refractivity contribution in [3.05, 3.63) is 35.9 Å². The first kappa shape index (κ1) is 27.5. The van der Waals surface area contributed by atoms with Gasteiger partial charge in [-0.15, -0.1) is 0 Å². The fraction of sp³-hybridized carbons (Fsp3) is 0.450. The Morgan fingerprint density at radius 1 is 0.909 bits per heavy atom. The van der Waals surface area contributed by atoms with Gasteiger partial charge < -0.3 is 42.1 Å². The SMILES string of the molecule is CC(O)C(NC(=O)C(CC(=O)O)NC(=O)C(N)CO)C(=O)NC(Cc1ccccc1)C(=O)O. The molecule has 0 aromatic heterocycles. The Kier molecular flexibility index (Phi) is 10.9. The fourth-order valence-electron chi connectivity index (χ4n) is 2.72. The number of aliphatic carboxylic acids is 2. The highest BCUT2D eigenvalue weighted by Crippen LogP contribution is 2.05. The van der Waals surface area contributed by atoms with Crippen LogP contribution in [0.25, 0.3) is 0 Å². The number of aliphatic hydroxyl groups excluding tert-OH is 2. The summed E-state index contributed by atoms with van der Waals surface area (Å²) < 4.78 is 0. The van der Waals surface area contributed by atoms with Crippen LogP contribution >= 0.6 is 0 Å². The number of hydrogen-bond donors (Lipinski definition) is 8. The molecule has 0 heterocycles. The van der Waals surface area contributed by atoms with Crippen molar-refractivity contribution in [3.63, 3.8) is 0 Å². The van der Waals surface area contributed by atoms with E-state index < -0.39 is 73.0 Å². The number of carbonyl (C=O) groups excluding carboxylic acids is 3. The van der Waals surface area contributed by atoms with Gasteiger partial charge in [0.1, 0.15) is 24.2 Å². The van der Waals surface area contributed by atoms with Crippen LogP contribution in [0.4, 0.5) is 0 Å². The Hall–Kier alpha value is -3.55. The van der Waals surface area contributed by atoms with Crippen LogP contribution in [0.1, 0.15) is 18.9 Å². The molecule has 0 spiro atoms. The van der Waals surface area contributed by atoms with Crippen molar-refractivity contribution in [2.24, 2.45) is 5.73 Å². The molecule has 0 aliphatic heterocycles. The number of rotatable bonds is 13. The van der Waals surface area contributed by atoms with Crippen LogP contribution < -0.4 is 21.7 Å². The van der Waals surface area contributed by atoms with Crippen LogP contribution in [0.2, 0.25) is 0 Å². The summed E-state index contributed by atoms with van der Waals surface area (Å²) in [6, 6.07) is 2.29. The molecule has 3 amide bonds. The smallest absolute Gasteiger partial charge is 0.326 e. The minimum atomic E-state index is -1.68. The molecule has 0 saturated carbocycles. The van der Waals surface area contributed by atoms with Crippen LogP contribution in [0.15, 0.2) is 30.3 Å². The number of carboxylic acid groups (broad SMARTS) is 2. The zero-order valence-electron chi connectivity index (χ0n) is 17.8. The lowest BCUT2D eigenvalue weighted by molar-refractivity contribution is -0.144. The van der Waals surface area contributed by atoms with Crippen molar-refractivity contribution < 1.29 is 44.4 Å². The Labute approximate surface area is 189 Å². The lowest BCUT2D eigenvalue weighted by Crippen LogP contribution is -2.60. The summed E-state index contributed by atoms with van der Waals surface area (Å²) in [5, 5.41) is 43.7. The minimum absolute atomic E-state index is 0.0703. The van der Waals surface area contributed by atoms with Gasteiger partial charge in [-0.25, -0.2) is 4.79 Å². The number of hydrogen-bond acceptors (Lipinski definition) is 8. The molecule has 0 radical (unpaired) electrons. The molecule has 0 aliphatic rings. The van der Waals surface area contributed by atoms with Gasteiger partial charge in [0.05, 0.1) is 19.1 Å². The van der Waals surface area contributed by atoms with Gasteiger partial charge in [0.25, 0.3) is 0 Å². The molecule has 0 aliphatic carbocycles. The maximum atomic E-state index is 12.6. The summed E-state index contributed by atoms with van der Waals surface area (Å²) >= 11 is 0. The van der Waals surface area contributed by atoms with Gasteiger partial charge in [-0.3, -0.25) is 19.2 Å². The normalized spacial score (nSPS) is 15.3. The van der Waals surface area contributed by atoms with E-state index in [9.17, 15) is 34.2 Å². The number of carbonyl (C=O) groups is 5. The lowest BCUT2D eigenvalue weighted by atomic mass is 10.0. The van der Waals surface area contributed by atoms with Crippen molar-refractivity contribution in [2.75, 3.05) is 6.61 Å². The molecule has 13 nitrogen and oxygen atoms in total. The minimum Gasteiger partial charge on any atom is -0.481 e. The maximum Gasteiger partial charge on any atom is 0.326 e. The number of benzene rings is 1. The molecule has 1 aromatic carbocycles. The van der Waals surface area contributed by atoms with Crippen molar-refractivity contribution in [3.8, 4) is 0 Å². The third kappa shape index (κ3) is 9.22. The van der Waals surface area contributed by atoms with Gasteiger partial charge in [0.2, 0.25) is 17.7 Å². The monoisotopic (exact) mass is 468 g/mol. The molecule has 5 atom stereocenters. The van der Waals surface area contributed by atoms with E-state index in [4.69, 9.17) is 15.9 Å². The second-order valence-corrected chi connectivity index (χ2v) is 7.26. The maximum absolute atomic E-state index is 12.6. The molecule has 13 heteroatoms. The van der Waals surface area contributed by atoms with Gasteiger partial charge in [-0.1, -0.05) is 30.3 Å². The Morgan fingerprint density at radius 3 is 1.97 bits per heavy atom. The summed E-state index contributed by atoms with van der Waals surface area (Å²) in [7, 11) is 0. The summed E-state index contributed by atoms with van der Waals surface area (Å²) in [6.45, 7) is 0.397. The van der Waals surface area contributed by atoms with E-state index >= 15 is 0 Å². The van der Waals surface area contributed by atoms with Crippen LogP contribution in [0, 0.1) is 0 Å². The average molecular weight is 468 g/mol. The zero-order chi connectivity index (χ0) is 25.1. The first-order valence-electron chi connectivity index (χ1n) is 9.90. The molecule has 0 saturated heterocycles. The Balaban J connectivity index is 2.96. The average Bonchev–Trinajstić information content (AvgIpc) is 2.75. The molecular weight excluding hydrogens is 440 g/mol. The van der Waals surface area contributed by atoms with Gasteiger partial charge in [0.15, 0.2) is 0 Å². The van der Waals surface area contributed by atoms with E-state index in [1.165, 1.54) is 0 Å². The van der Waals surface area contributed by atoms with Crippen molar-refractivity contribution in [1.29, 1.82) is 0 Å². The first-order chi connectivity index (χ1) is 15.5. The molecule has 5 unspecified atom stereocenters. The highest BCUT2D eigenvalue weighted by Gasteiger charge is 2.33.